The summed E-state index contributed by atoms with van der Waals surface area (Å²) in [5.41, 5.74) is 2.40. The molecule has 0 bridgehead atoms. The second-order valence-electron chi connectivity index (χ2n) is 9.22. The van der Waals surface area contributed by atoms with E-state index in [9.17, 15) is 0 Å². The van der Waals surface area contributed by atoms with E-state index < -0.39 is 0 Å². The Bertz CT molecular complexity index is 991. The van der Waals surface area contributed by atoms with Crippen LogP contribution in [0.3, 0.4) is 0 Å². The molecule has 0 radical (unpaired) electrons. The molecule has 1 aliphatic heterocycles. The first-order valence-corrected chi connectivity index (χ1v) is 12.2. The van der Waals surface area contributed by atoms with Crippen molar-refractivity contribution >= 4 is 0 Å². The molecule has 2 heterocycles. The van der Waals surface area contributed by atoms with E-state index in [2.05, 4.69) is 67.8 Å². The van der Waals surface area contributed by atoms with Gasteiger partial charge in [-0.05, 0) is 46.5 Å². The summed E-state index contributed by atoms with van der Waals surface area (Å²) in [5.74, 6) is 1.76. The molecule has 0 amide bonds. The van der Waals surface area contributed by atoms with Crippen LogP contribution in [0.2, 0.25) is 0 Å². The third-order valence-electron chi connectivity index (χ3n) is 7.22. The highest BCUT2D eigenvalue weighted by atomic mass is 16.5. The van der Waals surface area contributed by atoms with E-state index in [1.165, 1.54) is 37.7 Å². The monoisotopic (exact) mass is 446 g/mol. The Balaban J connectivity index is 1.36. The first kappa shape index (κ1) is 22.0. The maximum Gasteiger partial charge on any atom is 0.173 e. The van der Waals surface area contributed by atoms with Crippen molar-refractivity contribution in [2.75, 3.05) is 33.3 Å². The van der Waals surface area contributed by atoms with Gasteiger partial charge in [-0.2, -0.15) is 0 Å². The highest BCUT2D eigenvalue weighted by molar-refractivity contribution is 5.28. The number of benzene rings is 2. The van der Waals surface area contributed by atoms with Crippen LogP contribution < -0.4 is 4.74 Å². The second-order valence-corrected chi connectivity index (χ2v) is 9.22. The van der Waals surface area contributed by atoms with E-state index in [0.29, 0.717) is 6.54 Å². The Morgan fingerprint density at radius 3 is 2.33 bits per heavy atom. The first-order valence-electron chi connectivity index (χ1n) is 12.2. The van der Waals surface area contributed by atoms with Crippen molar-refractivity contribution in [3.63, 3.8) is 0 Å². The largest absolute Gasteiger partial charge is 0.497 e. The smallest absolute Gasteiger partial charge is 0.173 e. The van der Waals surface area contributed by atoms with E-state index in [1.807, 2.05) is 16.8 Å². The van der Waals surface area contributed by atoms with Crippen molar-refractivity contribution < 1.29 is 4.74 Å². The molecular formula is C26H34N6O. The molecule has 1 saturated carbocycles. The molecule has 5 rings (SSSR count). The lowest BCUT2D eigenvalue weighted by atomic mass is 9.93. The van der Waals surface area contributed by atoms with Gasteiger partial charge in [-0.25, -0.2) is 4.68 Å². The Kier molecular flexibility index (Phi) is 6.98. The summed E-state index contributed by atoms with van der Waals surface area (Å²) in [6, 6.07) is 19.6. The Hall–Kier alpha value is -2.77. The topological polar surface area (TPSA) is 59.3 Å². The number of tetrazole rings is 1. The average molecular weight is 447 g/mol. The SMILES string of the molecule is COc1ccc(Cn2nnnc2[C@H](c2ccccc2)N2CCN(C3CCCCC3)CC2)cc1. The van der Waals surface area contributed by atoms with Crippen LogP contribution in [-0.4, -0.2) is 69.3 Å². The minimum atomic E-state index is 0.0490. The van der Waals surface area contributed by atoms with E-state index >= 15 is 0 Å². The van der Waals surface area contributed by atoms with Crippen molar-refractivity contribution in [2.24, 2.45) is 0 Å². The van der Waals surface area contributed by atoms with Crippen LogP contribution in [0.4, 0.5) is 0 Å². The second kappa shape index (κ2) is 10.4. The zero-order valence-electron chi connectivity index (χ0n) is 19.5. The van der Waals surface area contributed by atoms with Crippen LogP contribution in [0.25, 0.3) is 0 Å². The van der Waals surface area contributed by atoms with Crippen molar-refractivity contribution in [1.82, 2.24) is 30.0 Å². The number of piperazine rings is 1. The van der Waals surface area contributed by atoms with Gasteiger partial charge in [0.15, 0.2) is 5.82 Å². The van der Waals surface area contributed by atoms with Crippen LogP contribution in [0, 0.1) is 0 Å². The van der Waals surface area contributed by atoms with Gasteiger partial charge in [-0.15, -0.1) is 5.10 Å². The molecular weight excluding hydrogens is 412 g/mol. The lowest BCUT2D eigenvalue weighted by Gasteiger charge is -2.43. The van der Waals surface area contributed by atoms with Gasteiger partial charge in [0, 0.05) is 32.2 Å². The quantitative estimate of drug-likeness (QED) is 0.551. The predicted octanol–water partition coefficient (Wildman–Crippen LogP) is 3.77. The van der Waals surface area contributed by atoms with Gasteiger partial charge < -0.3 is 4.74 Å². The van der Waals surface area contributed by atoms with E-state index in [4.69, 9.17) is 4.74 Å². The predicted molar refractivity (Wildman–Crippen MR) is 128 cm³/mol. The number of aromatic nitrogens is 4. The molecule has 1 atom stereocenters. The summed E-state index contributed by atoms with van der Waals surface area (Å²) in [5, 5.41) is 13.0. The fourth-order valence-corrected chi connectivity index (χ4v) is 5.39. The molecule has 7 heteroatoms. The zero-order chi connectivity index (χ0) is 22.5. The van der Waals surface area contributed by atoms with Crippen molar-refractivity contribution in [1.29, 1.82) is 0 Å². The molecule has 174 valence electrons. The fourth-order valence-electron chi connectivity index (χ4n) is 5.39. The maximum absolute atomic E-state index is 5.30. The molecule has 0 N–H and O–H groups in total. The van der Waals surface area contributed by atoms with Crippen LogP contribution in [0.15, 0.2) is 54.6 Å². The maximum atomic E-state index is 5.30. The third-order valence-corrected chi connectivity index (χ3v) is 7.22. The molecule has 33 heavy (non-hydrogen) atoms. The fraction of sp³-hybridized carbons (Fsp3) is 0.500. The van der Waals surface area contributed by atoms with Gasteiger partial charge in [0.05, 0.1) is 19.7 Å². The Labute approximate surface area is 196 Å². The normalized spacial score (nSPS) is 19.4. The minimum Gasteiger partial charge on any atom is -0.497 e. The number of hydrogen-bond donors (Lipinski definition) is 0. The first-order chi connectivity index (χ1) is 16.3. The zero-order valence-corrected chi connectivity index (χ0v) is 19.5. The van der Waals surface area contributed by atoms with Crippen molar-refractivity contribution in [3.8, 4) is 5.75 Å². The molecule has 0 unspecified atom stereocenters. The molecule has 7 nitrogen and oxygen atoms in total. The van der Waals surface area contributed by atoms with Gasteiger partial charge in [0.25, 0.3) is 0 Å². The number of rotatable bonds is 7. The lowest BCUT2D eigenvalue weighted by Crippen LogP contribution is -2.52. The van der Waals surface area contributed by atoms with Gasteiger partial charge in [0.1, 0.15) is 5.75 Å². The highest BCUT2D eigenvalue weighted by Gasteiger charge is 2.32. The van der Waals surface area contributed by atoms with Crippen molar-refractivity contribution in [3.05, 3.63) is 71.5 Å². The number of hydrogen-bond acceptors (Lipinski definition) is 6. The highest BCUT2D eigenvalue weighted by Crippen LogP contribution is 2.30. The molecule has 2 aromatic carbocycles. The summed E-state index contributed by atoms with van der Waals surface area (Å²) in [4.78, 5) is 5.28. The Morgan fingerprint density at radius 2 is 1.64 bits per heavy atom. The number of ether oxygens (including phenoxy) is 1. The summed E-state index contributed by atoms with van der Waals surface area (Å²) < 4.78 is 7.25. The molecule has 2 aliphatic rings. The Morgan fingerprint density at radius 1 is 0.909 bits per heavy atom. The van der Waals surface area contributed by atoms with Gasteiger partial charge in [0.2, 0.25) is 0 Å². The van der Waals surface area contributed by atoms with Crippen LogP contribution in [0.1, 0.15) is 55.1 Å². The van der Waals surface area contributed by atoms with Gasteiger partial charge >= 0.3 is 0 Å². The third kappa shape index (κ3) is 5.09. The summed E-state index contributed by atoms with van der Waals surface area (Å²) in [6.45, 7) is 4.94. The minimum absolute atomic E-state index is 0.0490. The van der Waals surface area contributed by atoms with Crippen molar-refractivity contribution in [2.45, 2.75) is 50.7 Å². The molecule has 2 fully saturated rings. The number of methoxy groups -OCH3 is 1. The van der Waals surface area contributed by atoms with E-state index in [1.54, 1.807) is 7.11 Å². The summed E-state index contributed by atoms with van der Waals surface area (Å²) in [7, 11) is 1.69. The number of nitrogens with zero attached hydrogens (tertiary/aromatic N) is 6. The molecule has 1 aromatic heterocycles. The van der Waals surface area contributed by atoms with Crippen LogP contribution >= 0.6 is 0 Å². The standard InChI is InChI=1S/C26H34N6O/c1-33-24-14-12-21(13-15-24)20-32-26(27-28-29-32)25(22-8-4-2-5-9-22)31-18-16-30(17-19-31)23-10-6-3-7-11-23/h2,4-5,8-9,12-15,23,25H,3,6-7,10-11,16-20H2,1H3/t25-/m0/s1. The van der Waals surface area contributed by atoms with Gasteiger partial charge in [-0.3, -0.25) is 9.80 Å². The van der Waals surface area contributed by atoms with Gasteiger partial charge in [-0.1, -0.05) is 61.7 Å². The van der Waals surface area contributed by atoms with E-state index in [-0.39, 0.29) is 6.04 Å². The van der Waals surface area contributed by atoms with E-state index in [0.717, 1.165) is 49.4 Å². The van der Waals surface area contributed by atoms with Crippen LogP contribution in [-0.2, 0) is 6.54 Å². The molecule has 1 saturated heterocycles. The summed E-state index contributed by atoms with van der Waals surface area (Å²) >= 11 is 0. The average Bonchev–Trinajstić information content (AvgIpc) is 3.34. The lowest BCUT2D eigenvalue weighted by molar-refractivity contribution is 0.0620. The molecule has 1 aliphatic carbocycles. The molecule has 3 aromatic rings. The summed E-state index contributed by atoms with van der Waals surface area (Å²) in [6.07, 6.45) is 6.91. The van der Waals surface area contributed by atoms with Crippen LogP contribution in [0.5, 0.6) is 5.75 Å². The molecule has 0 spiro atoms.